The molecule has 4 fully saturated rings. The maximum absolute atomic E-state index is 13.5. The van der Waals surface area contributed by atoms with Crippen molar-refractivity contribution in [2.75, 3.05) is 5.75 Å². The van der Waals surface area contributed by atoms with Crippen molar-refractivity contribution in [3.05, 3.63) is 12.7 Å². The summed E-state index contributed by atoms with van der Waals surface area (Å²) in [6.07, 6.45) is 5.49. The molecule has 2 bridgehead atoms. The summed E-state index contributed by atoms with van der Waals surface area (Å²) < 4.78 is 6.34. The Bertz CT molecular complexity index is 1000. The van der Waals surface area contributed by atoms with Crippen LogP contribution in [0.15, 0.2) is 12.7 Å². The molecule has 11 atom stereocenters. The molecule has 4 aliphatic carbocycles. The van der Waals surface area contributed by atoms with Crippen molar-refractivity contribution in [3.63, 3.8) is 0 Å². The molecule has 7 nitrogen and oxygen atoms in total. The quantitative estimate of drug-likeness (QED) is 0.297. The van der Waals surface area contributed by atoms with E-state index in [1.807, 2.05) is 26.8 Å². The number of ketones is 1. The zero-order valence-electron chi connectivity index (χ0n) is 25.3. The van der Waals surface area contributed by atoms with Crippen LogP contribution in [0.4, 0.5) is 0 Å². The highest BCUT2D eigenvalue weighted by atomic mass is 32.2. The van der Waals surface area contributed by atoms with Crippen molar-refractivity contribution in [1.82, 2.24) is 5.32 Å². The van der Waals surface area contributed by atoms with Crippen molar-refractivity contribution in [3.8, 4) is 0 Å². The molecule has 0 aliphatic heterocycles. The fraction of sp³-hybridized carbons (Fsp3) is 0.844. The number of hydrogen-bond donors (Lipinski definition) is 3. The Hall–Kier alpha value is -1.38. The Balaban J connectivity index is 1.50. The third-order valence-electron chi connectivity index (χ3n) is 11.6. The number of amides is 1. The molecule has 2 unspecified atom stereocenters. The molecular weight excluding hydrogens is 526 g/mol. The SMILES string of the molecule is C=C[C@]1(C)C[C@@H](OC(=O)CS[C@H]2CC[C@H](NC(=O)C(C)C)C[C@@H]2O)[C@]2(C)C(C)CCC3(CCC(=O)[C@H]32)[C@@H](C)[C@@H]1O. The van der Waals surface area contributed by atoms with Gasteiger partial charge in [0.15, 0.2) is 0 Å². The number of Topliss-reactive ketones (excluding diaryl/α,β-unsaturated/α-hetero) is 1. The predicted molar refractivity (Wildman–Crippen MR) is 158 cm³/mol. The Morgan fingerprint density at radius 3 is 2.50 bits per heavy atom. The molecule has 1 amide bonds. The minimum Gasteiger partial charge on any atom is -0.461 e. The monoisotopic (exact) mass is 577 g/mol. The Morgan fingerprint density at radius 1 is 1.18 bits per heavy atom. The lowest BCUT2D eigenvalue weighted by molar-refractivity contribution is -0.205. The van der Waals surface area contributed by atoms with Crippen LogP contribution >= 0.6 is 11.8 Å². The highest BCUT2D eigenvalue weighted by Crippen LogP contribution is 2.68. The van der Waals surface area contributed by atoms with Crippen molar-refractivity contribution in [2.45, 2.75) is 123 Å². The van der Waals surface area contributed by atoms with E-state index < -0.39 is 29.1 Å². The zero-order valence-corrected chi connectivity index (χ0v) is 26.1. The van der Waals surface area contributed by atoms with E-state index >= 15 is 0 Å². The standard InChI is InChI=1S/C32H51NO6S/c1-8-30(6)16-25(31(7)19(4)11-13-32(20(5)28(30)37)14-12-22(34)27(31)32)39-26(36)17-40-24-10-9-21(15-23(24)35)33-29(38)18(2)3/h8,18-21,23-25,27-28,35,37H,1,9-17H2,2-7H3,(H,33,38)/t19?,20-,21-,23-,24-,25+,27-,28-,30+,31-,32?/m0/s1. The van der Waals surface area contributed by atoms with Gasteiger partial charge in [0, 0.05) is 40.4 Å². The van der Waals surface area contributed by atoms with Gasteiger partial charge in [-0.3, -0.25) is 14.4 Å². The highest BCUT2D eigenvalue weighted by molar-refractivity contribution is 8.00. The summed E-state index contributed by atoms with van der Waals surface area (Å²) in [7, 11) is 0. The van der Waals surface area contributed by atoms with Crippen molar-refractivity contribution < 1.29 is 29.3 Å². The fourth-order valence-electron chi connectivity index (χ4n) is 8.68. The van der Waals surface area contributed by atoms with Crippen LogP contribution in [0.2, 0.25) is 0 Å². The summed E-state index contributed by atoms with van der Waals surface area (Å²) in [5, 5.41) is 25.4. The van der Waals surface area contributed by atoms with Crippen LogP contribution in [0.5, 0.6) is 0 Å². The number of carbonyl (C=O) groups is 3. The third-order valence-corrected chi connectivity index (χ3v) is 13.0. The number of esters is 1. The summed E-state index contributed by atoms with van der Waals surface area (Å²) >= 11 is 1.41. The first kappa shape index (κ1) is 31.6. The Labute approximate surface area is 244 Å². The number of aliphatic hydroxyl groups is 2. The summed E-state index contributed by atoms with van der Waals surface area (Å²) in [5.74, 6) is -0.214. The van der Waals surface area contributed by atoms with Crippen LogP contribution in [0.3, 0.4) is 0 Å². The first-order chi connectivity index (χ1) is 18.7. The van der Waals surface area contributed by atoms with Gasteiger partial charge in [0.2, 0.25) is 5.91 Å². The van der Waals surface area contributed by atoms with Crippen LogP contribution < -0.4 is 5.32 Å². The molecule has 0 spiro atoms. The van der Waals surface area contributed by atoms with Gasteiger partial charge in [-0.25, -0.2) is 0 Å². The van der Waals surface area contributed by atoms with E-state index in [1.165, 1.54) is 11.8 Å². The van der Waals surface area contributed by atoms with E-state index in [1.54, 1.807) is 0 Å². The van der Waals surface area contributed by atoms with E-state index in [0.717, 1.165) is 25.7 Å². The lowest BCUT2D eigenvalue weighted by Crippen LogP contribution is -2.63. The summed E-state index contributed by atoms with van der Waals surface area (Å²) in [4.78, 5) is 39.0. The van der Waals surface area contributed by atoms with E-state index in [4.69, 9.17) is 4.74 Å². The average molecular weight is 578 g/mol. The highest BCUT2D eigenvalue weighted by Gasteiger charge is 2.68. The van der Waals surface area contributed by atoms with Gasteiger partial charge in [-0.15, -0.1) is 18.3 Å². The molecule has 4 aliphatic rings. The number of carbonyl (C=O) groups excluding carboxylic acids is 3. The van der Waals surface area contributed by atoms with Gasteiger partial charge < -0.3 is 20.3 Å². The number of thioether (sulfide) groups is 1. The second kappa shape index (κ2) is 11.7. The minimum atomic E-state index is -0.687. The van der Waals surface area contributed by atoms with Crippen molar-refractivity contribution in [1.29, 1.82) is 0 Å². The van der Waals surface area contributed by atoms with Crippen LogP contribution in [0, 0.1) is 39.9 Å². The van der Waals surface area contributed by atoms with Crippen LogP contribution in [0.1, 0.15) is 92.9 Å². The van der Waals surface area contributed by atoms with E-state index in [-0.39, 0.29) is 63.8 Å². The first-order valence-corrected chi connectivity index (χ1v) is 16.4. The zero-order chi connectivity index (χ0) is 29.6. The number of aliphatic hydroxyl groups excluding tert-OH is 2. The molecule has 3 N–H and O–H groups in total. The first-order valence-electron chi connectivity index (χ1n) is 15.3. The lowest BCUT2D eigenvalue weighted by Gasteiger charge is -2.61. The fourth-order valence-corrected chi connectivity index (χ4v) is 9.74. The lowest BCUT2D eigenvalue weighted by atomic mass is 9.44. The average Bonchev–Trinajstić information content (AvgIpc) is 3.26. The largest absolute Gasteiger partial charge is 0.461 e. The molecule has 0 radical (unpaired) electrons. The van der Waals surface area contributed by atoms with Gasteiger partial charge >= 0.3 is 5.97 Å². The Morgan fingerprint density at radius 2 is 1.88 bits per heavy atom. The molecule has 0 aromatic rings. The molecule has 40 heavy (non-hydrogen) atoms. The smallest absolute Gasteiger partial charge is 0.316 e. The normalized spacial score (nSPS) is 45.3. The van der Waals surface area contributed by atoms with Crippen molar-refractivity contribution in [2.24, 2.45) is 39.9 Å². The van der Waals surface area contributed by atoms with E-state index in [2.05, 4.69) is 32.7 Å². The number of nitrogens with one attached hydrogen (secondary N) is 1. The predicted octanol–water partition coefficient (Wildman–Crippen LogP) is 4.68. The molecule has 0 aromatic carbocycles. The van der Waals surface area contributed by atoms with Gasteiger partial charge in [-0.1, -0.05) is 47.6 Å². The number of ether oxygens (including phenoxy) is 1. The molecule has 226 valence electrons. The topological polar surface area (TPSA) is 113 Å². The summed E-state index contributed by atoms with van der Waals surface area (Å²) in [6.45, 7) is 16.2. The molecule has 4 rings (SSSR count). The molecule has 0 aromatic heterocycles. The molecular formula is C32H51NO6S. The minimum absolute atomic E-state index is 0.00711. The van der Waals surface area contributed by atoms with Crippen LogP contribution in [-0.2, 0) is 19.1 Å². The van der Waals surface area contributed by atoms with Gasteiger partial charge in [0.25, 0.3) is 0 Å². The van der Waals surface area contributed by atoms with E-state index in [0.29, 0.717) is 25.7 Å². The number of hydrogen-bond acceptors (Lipinski definition) is 7. The molecule has 4 saturated carbocycles. The third kappa shape index (κ3) is 5.42. The van der Waals surface area contributed by atoms with Gasteiger partial charge in [-0.05, 0) is 62.2 Å². The molecule has 0 saturated heterocycles. The number of rotatable bonds is 7. The molecule has 0 heterocycles. The summed E-state index contributed by atoms with van der Waals surface area (Å²) in [6, 6.07) is -0.0500. The van der Waals surface area contributed by atoms with Crippen molar-refractivity contribution >= 4 is 29.4 Å². The summed E-state index contributed by atoms with van der Waals surface area (Å²) in [5.41, 5.74) is -1.49. The van der Waals surface area contributed by atoms with Crippen LogP contribution in [-0.4, -0.2) is 63.2 Å². The second-order valence-electron chi connectivity index (χ2n) is 14.2. The van der Waals surface area contributed by atoms with Crippen LogP contribution in [0.25, 0.3) is 0 Å². The van der Waals surface area contributed by atoms with E-state index in [9.17, 15) is 24.6 Å². The van der Waals surface area contributed by atoms with Gasteiger partial charge in [0.1, 0.15) is 11.9 Å². The van der Waals surface area contributed by atoms with Gasteiger partial charge in [0.05, 0.1) is 18.0 Å². The maximum atomic E-state index is 13.5. The van der Waals surface area contributed by atoms with Gasteiger partial charge in [-0.2, -0.15) is 0 Å². The second-order valence-corrected chi connectivity index (χ2v) is 15.4. The molecule has 8 heteroatoms. The Kier molecular flexibility index (Phi) is 9.24. The maximum Gasteiger partial charge on any atom is 0.316 e.